The summed E-state index contributed by atoms with van der Waals surface area (Å²) >= 11 is 4.15. The van der Waals surface area contributed by atoms with Gasteiger partial charge in [-0.15, -0.1) is 12.6 Å². The molecule has 0 unspecified atom stereocenters. The predicted octanol–water partition coefficient (Wildman–Crippen LogP) is 1.23. The molecule has 18 heavy (non-hydrogen) atoms. The minimum atomic E-state index is -0.135. The summed E-state index contributed by atoms with van der Waals surface area (Å²) in [4.78, 5) is 23.8. The van der Waals surface area contributed by atoms with Crippen LogP contribution in [-0.2, 0) is 4.79 Å². The molecule has 5 heteroatoms. The van der Waals surface area contributed by atoms with Gasteiger partial charge in [0.2, 0.25) is 5.91 Å². The Bertz CT molecular complexity index is 441. The van der Waals surface area contributed by atoms with Gasteiger partial charge in [0.15, 0.2) is 0 Å². The van der Waals surface area contributed by atoms with E-state index in [1.807, 2.05) is 0 Å². The second-order valence-corrected chi connectivity index (χ2v) is 4.88. The Balaban J connectivity index is 1.68. The predicted molar refractivity (Wildman–Crippen MR) is 71.8 cm³/mol. The molecule has 0 aromatic heterocycles. The van der Waals surface area contributed by atoms with Crippen molar-refractivity contribution in [2.45, 2.75) is 17.7 Å². The Morgan fingerprint density at radius 1 is 1.11 bits per heavy atom. The van der Waals surface area contributed by atoms with Gasteiger partial charge in [0.1, 0.15) is 0 Å². The summed E-state index contributed by atoms with van der Waals surface area (Å²) in [6.07, 6.45) is 1.99. The van der Waals surface area contributed by atoms with Crippen molar-refractivity contribution < 1.29 is 9.59 Å². The lowest BCUT2D eigenvalue weighted by Crippen LogP contribution is -2.35. The fourth-order valence-corrected chi connectivity index (χ4v) is 1.72. The average Bonchev–Trinajstić information content (AvgIpc) is 3.19. The maximum Gasteiger partial charge on any atom is 0.251 e. The molecular formula is C13H16N2O2S. The molecule has 1 saturated carbocycles. The van der Waals surface area contributed by atoms with E-state index in [9.17, 15) is 9.59 Å². The van der Waals surface area contributed by atoms with Gasteiger partial charge in [-0.2, -0.15) is 0 Å². The molecule has 1 aromatic rings. The number of amides is 2. The van der Waals surface area contributed by atoms with Crippen molar-refractivity contribution >= 4 is 24.4 Å². The molecule has 4 nitrogen and oxygen atoms in total. The number of rotatable bonds is 5. The average molecular weight is 264 g/mol. The lowest BCUT2D eigenvalue weighted by Gasteiger charge is -2.06. The number of nitrogens with one attached hydrogen (secondary N) is 2. The zero-order valence-electron chi connectivity index (χ0n) is 9.98. The number of carbonyl (C=O) groups excluding carboxylic acids is 2. The van der Waals surface area contributed by atoms with Crippen molar-refractivity contribution in [2.24, 2.45) is 5.92 Å². The minimum absolute atomic E-state index is 0.101. The van der Waals surface area contributed by atoms with Crippen molar-refractivity contribution in [3.8, 4) is 0 Å². The van der Waals surface area contributed by atoms with E-state index in [4.69, 9.17) is 0 Å². The highest BCUT2D eigenvalue weighted by molar-refractivity contribution is 7.80. The number of hydrogen-bond donors (Lipinski definition) is 3. The second kappa shape index (κ2) is 5.91. The maximum atomic E-state index is 11.7. The lowest BCUT2D eigenvalue weighted by molar-refractivity contribution is -0.122. The number of hydrogen-bond acceptors (Lipinski definition) is 3. The van der Waals surface area contributed by atoms with Crippen LogP contribution < -0.4 is 10.6 Å². The van der Waals surface area contributed by atoms with Gasteiger partial charge in [0, 0.05) is 29.5 Å². The molecule has 0 heterocycles. The third-order valence-corrected chi connectivity index (χ3v) is 3.09. The number of benzene rings is 1. The largest absolute Gasteiger partial charge is 0.354 e. The Morgan fingerprint density at radius 3 is 2.33 bits per heavy atom. The van der Waals surface area contributed by atoms with E-state index < -0.39 is 0 Å². The molecule has 1 aliphatic rings. The summed E-state index contributed by atoms with van der Waals surface area (Å²) in [6.45, 7) is 0.922. The van der Waals surface area contributed by atoms with E-state index in [1.165, 1.54) is 0 Å². The van der Waals surface area contributed by atoms with Crippen LogP contribution >= 0.6 is 12.6 Å². The van der Waals surface area contributed by atoms with Crippen LogP contribution in [0.4, 0.5) is 0 Å². The quantitative estimate of drug-likeness (QED) is 0.553. The summed E-state index contributed by atoms with van der Waals surface area (Å²) in [6, 6.07) is 6.99. The highest BCUT2D eigenvalue weighted by atomic mass is 32.1. The Kier molecular flexibility index (Phi) is 4.25. The Hall–Kier alpha value is -1.49. The van der Waals surface area contributed by atoms with E-state index >= 15 is 0 Å². The van der Waals surface area contributed by atoms with Gasteiger partial charge >= 0.3 is 0 Å². The fourth-order valence-electron chi connectivity index (χ4n) is 1.57. The molecule has 96 valence electrons. The molecular weight excluding hydrogens is 248 g/mol. The Labute approximate surface area is 112 Å². The van der Waals surface area contributed by atoms with Gasteiger partial charge in [-0.3, -0.25) is 9.59 Å². The van der Waals surface area contributed by atoms with Crippen molar-refractivity contribution in [1.82, 2.24) is 10.6 Å². The van der Waals surface area contributed by atoms with E-state index in [0.29, 0.717) is 18.7 Å². The van der Waals surface area contributed by atoms with Gasteiger partial charge in [0.25, 0.3) is 5.91 Å². The van der Waals surface area contributed by atoms with Gasteiger partial charge in [-0.05, 0) is 37.1 Å². The zero-order chi connectivity index (χ0) is 13.0. The van der Waals surface area contributed by atoms with Gasteiger partial charge in [-0.1, -0.05) is 0 Å². The molecule has 0 bridgehead atoms. The van der Waals surface area contributed by atoms with Crippen molar-refractivity contribution in [2.75, 3.05) is 13.1 Å². The van der Waals surface area contributed by atoms with Crippen LogP contribution in [0.3, 0.4) is 0 Å². The third kappa shape index (κ3) is 3.77. The SMILES string of the molecule is O=C(NCCNC(=O)C1CC1)c1ccc(S)cc1. The fraction of sp³-hybridized carbons (Fsp3) is 0.385. The monoisotopic (exact) mass is 264 g/mol. The molecule has 1 fully saturated rings. The minimum Gasteiger partial charge on any atom is -0.354 e. The third-order valence-electron chi connectivity index (χ3n) is 2.79. The first-order chi connectivity index (χ1) is 8.66. The maximum absolute atomic E-state index is 11.7. The van der Waals surface area contributed by atoms with Gasteiger partial charge < -0.3 is 10.6 Å². The van der Waals surface area contributed by atoms with Crippen LogP contribution in [0.2, 0.25) is 0 Å². The first-order valence-electron chi connectivity index (χ1n) is 6.02. The summed E-state index contributed by atoms with van der Waals surface area (Å²) in [5.41, 5.74) is 0.598. The van der Waals surface area contributed by atoms with Crippen LogP contribution in [0.15, 0.2) is 29.2 Å². The normalized spacial score (nSPS) is 14.1. The summed E-state index contributed by atoms with van der Waals surface area (Å²) in [5.74, 6) is 0.177. The summed E-state index contributed by atoms with van der Waals surface area (Å²) in [7, 11) is 0. The Morgan fingerprint density at radius 2 is 1.72 bits per heavy atom. The van der Waals surface area contributed by atoms with Crippen LogP contribution in [0.1, 0.15) is 23.2 Å². The van der Waals surface area contributed by atoms with E-state index in [2.05, 4.69) is 23.3 Å². The molecule has 0 aliphatic heterocycles. The van der Waals surface area contributed by atoms with Crippen molar-refractivity contribution in [1.29, 1.82) is 0 Å². The molecule has 2 rings (SSSR count). The highest BCUT2D eigenvalue weighted by Crippen LogP contribution is 2.28. The standard InChI is InChI=1S/C13H16N2O2S/c16-12(9-1-2-9)14-7-8-15-13(17)10-3-5-11(18)6-4-10/h3-6,9,18H,1-2,7-8H2,(H,14,16)(H,15,17). The van der Waals surface area contributed by atoms with Crippen LogP contribution in [0, 0.1) is 5.92 Å². The summed E-state index contributed by atoms with van der Waals surface area (Å²) in [5, 5.41) is 5.55. The van der Waals surface area contributed by atoms with Crippen LogP contribution in [-0.4, -0.2) is 24.9 Å². The molecule has 0 spiro atoms. The molecule has 2 amide bonds. The lowest BCUT2D eigenvalue weighted by atomic mass is 10.2. The van der Waals surface area contributed by atoms with E-state index in [0.717, 1.165) is 17.7 Å². The molecule has 0 atom stereocenters. The topological polar surface area (TPSA) is 58.2 Å². The summed E-state index contributed by atoms with van der Waals surface area (Å²) < 4.78 is 0. The number of carbonyl (C=O) groups is 2. The van der Waals surface area contributed by atoms with Crippen LogP contribution in [0.25, 0.3) is 0 Å². The van der Waals surface area contributed by atoms with Gasteiger partial charge in [0.05, 0.1) is 0 Å². The first-order valence-corrected chi connectivity index (χ1v) is 6.46. The van der Waals surface area contributed by atoms with Crippen LogP contribution in [0.5, 0.6) is 0 Å². The molecule has 1 aromatic carbocycles. The molecule has 0 radical (unpaired) electrons. The van der Waals surface area contributed by atoms with E-state index in [-0.39, 0.29) is 17.7 Å². The zero-order valence-corrected chi connectivity index (χ0v) is 10.9. The molecule has 0 saturated heterocycles. The van der Waals surface area contributed by atoms with Crippen molar-refractivity contribution in [3.63, 3.8) is 0 Å². The van der Waals surface area contributed by atoms with Crippen molar-refractivity contribution in [3.05, 3.63) is 29.8 Å². The smallest absolute Gasteiger partial charge is 0.251 e. The highest BCUT2D eigenvalue weighted by Gasteiger charge is 2.28. The first kappa shape index (κ1) is 13.0. The molecule has 1 aliphatic carbocycles. The van der Waals surface area contributed by atoms with E-state index in [1.54, 1.807) is 24.3 Å². The number of thiol groups is 1. The second-order valence-electron chi connectivity index (χ2n) is 4.37. The molecule has 2 N–H and O–H groups in total. The van der Waals surface area contributed by atoms with Gasteiger partial charge in [-0.25, -0.2) is 0 Å².